The van der Waals surface area contributed by atoms with E-state index in [0.717, 1.165) is 5.56 Å². The van der Waals surface area contributed by atoms with Gasteiger partial charge in [0.1, 0.15) is 23.4 Å². The average molecular weight is 420 g/mol. The summed E-state index contributed by atoms with van der Waals surface area (Å²) in [6.07, 6.45) is 3.49. The molecule has 1 unspecified atom stereocenters. The molecule has 0 saturated heterocycles. The number of hydrogen-bond acceptors (Lipinski definition) is 4. The van der Waals surface area contributed by atoms with E-state index in [2.05, 4.69) is 10.3 Å². The number of nitrogens with one attached hydrogen (secondary N) is 1. The molecule has 1 aromatic heterocycles. The van der Waals surface area contributed by atoms with Gasteiger partial charge in [0, 0.05) is 30.5 Å². The Kier molecular flexibility index (Phi) is 6.44. The molecular formula is C20H19Cl2N3O3. The molecule has 0 fully saturated rings. The molecule has 0 aliphatic heterocycles. The Bertz CT molecular complexity index is 975. The standard InChI is InChI=1S/C20H19Cl2N3O3/c1-25-9-8-23-20(25)19(13-4-3-5-15(10-13)27-2)24-18(26)12-28-17-11-14(21)6-7-16(17)22/h3-11,19H,12H2,1-2H3,(H,24,26). The predicted octanol–water partition coefficient (Wildman–Crippen LogP) is 4.02. The third kappa shape index (κ3) is 4.77. The van der Waals surface area contributed by atoms with E-state index >= 15 is 0 Å². The first-order chi connectivity index (χ1) is 13.5. The van der Waals surface area contributed by atoms with Crippen LogP contribution in [-0.4, -0.2) is 29.2 Å². The lowest BCUT2D eigenvalue weighted by atomic mass is 10.1. The zero-order valence-electron chi connectivity index (χ0n) is 15.4. The molecule has 0 aliphatic rings. The molecule has 8 heteroatoms. The number of aromatic nitrogens is 2. The van der Waals surface area contributed by atoms with E-state index in [1.807, 2.05) is 42.1 Å². The zero-order chi connectivity index (χ0) is 20.1. The number of ether oxygens (including phenoxy) is 2. The summed E-state index contributed by atoms with van der Waals surface area (Å²) in [5.74, 6) is 1.39. The van der Waals surface area contributed by atoms with Crippen molar-refractivity contribution in [3.8, 4) is 11.5 Å². The Morgan fingerprint density at radius 3 is 2.79 bits per heavy atom. The topological polar surface area (TPSA) is 65.4 Å². The normalized spacial score (nSPS) is 11.7. The van der Waals surface area contributed by atoms with Crippen LogP contribution < -0.4 is 14.8 Å². The van der Waals surface area contributed by atoms with Gasteiger partial charge in [0.05, 0.1) is 12.1 Å². The van der Waals surface area contributed by atoms with Crippen molar-refractivity contribution in [3.63, 3.8) is 0 Å². The molecule has 0 radical (unpaired) electrons. The number of nitrogens with zero attached hydrogens (tertiary/aromatic N) is 2. The molecule has 1 N–H and O–H groups in total. The van der Waals surface area contributed by atoms with Gasteiger partial charge in [-0.25, -0.2) is 4.98 Å². The maximum atomic E-state index is 12.6. The summed E-state index contributed by atoms with van der Waals surface area (Å²) in [5.41, 5.74) is 0.836. The summed E-state index contributed by atoms with van der Waals surface area (Å²) in [6, 6.07) is 11.8. The van der Waals surface area contributed by atoms with Gasteiger partial charge in [-0.1, -0.05) is 35.3 Å². The van der Waals surface area contributed by atoms with E-state index < -0.39 is 6.04 Å². The molecule has 0 saturated carbocycles. The quantitative estimate of drug-likeness (QED) is 0.627. The Morgan fingerprint density at radius 1 is 1.25 bits per heavy atom. The number of amides is 1. The van der Waals surface area contributed by atoms with Gasteiger partial charge < -0.3 is 19.4 Å². The SMILES string of the molecule is COc1cccc(C(NC(=O)COc2cc(Cl)ccc2Cl)c2nccn2C)c1. The van der Waals surface area contributed by atoms with Crippen molar-refractivity contribution in [2.45, 2.75) is 6.04 Å². The molecule has 28 heavy (non-hydrogen) atoms. The van der Waals surface area contributed by atoms with E-state index in [0.29, 0.717) is 27.4 Å². The van der Waals surface area contributed by atoms with Crippen molar-refractivity contribution in [1.29, 1.82) is 0 Å². The predicted molar refractivity (Wildman–Crippen MR) is 108 cm³/mol. The Morgan fingerprint density at radius 2 is 2.07 bits per heavy atom. The minimum atomic E-state index is -0.471. The molecule has 2 aromatic carbocycles. The number of carbonyl (C=O) groups excluding carboxylic acids is 1. The maximum absolute atomic E-state index is 12.6. The number of hydrogen-bond donors (Lipinski definition) is 1. The molecule has 146 valence electrons. The Balaban J connectivity index is 1.78. The van der Waals surface area contributed by atoms with Gasteiger partial charge >= 0.3 is 0 Å². The van der Waals surface area contributed by atoms with Crippen molar-refractivity contribution in [3.05, 3.63) is 76.3 Å². The summed E-state index contributed by atoms with van der Waals surface area (Å²) >= 11 is 12.0. The van der Waals surface area contributed by atoms with Crippen LogP contribution in [0, 0.1) is 0 Å². The van der Waals surface area contributed by atoms with E-state index in [1.165, 1.54) is 0 Å². The van der Waals surface area contributed by atoms with Crippen LogP contribution in [0.4, 0.5) is 0 Å². The molecule has 3 rings (SSSR count). The van der Waals surface area contributed by atoms with E-state index in [1.54, 1.807) is 31.5 Å². The van der Waals surface area contributed by atoms with Crippen LogP contribution >= 0.6 is 23.2 Å². The lowest BCUT2D eigenvalue weighted by molar-refractivity contribution is -0.123. The first kappa shape index (κ1) is 20.0. The lowest BCUT2D eigenvalue weighted by Gasteiger charge is -2.20. The highest BCUT2D eigenvalue weighted by Gasteiger charge is 2.21. The molecule has 3 aromatic rings. The van der Waals surface area contributed by atoms with Gasteiger partial charge in [-0.2, -0.15) is 0 Å². The molecule has 0 spiro atoms. The van der Waals surface area contributed by atoms with Crippen LogP contribution in [-0.2, 0) is 11.8 Å². The molecule has 1 heterocycles. The van der Waals surface area contributed by atoms with Crippen molar-refractivity contribution < 1.29 is 14.3 Å². The number of halogens is 2. The lowest BCUT2D eigenvalue weighted by Crippen LogP contribution is -2.34. The molecule has 1 amide bonds. The second-order valence-corrected chi connectivity index (χ2v) is 6.88. The van der Waals surface area contributed by atoms with Gasteiger partial charge in [-0.05, 0) is 29.8 Å². The van der Waals surface area contributed by atoms with Crippen molar-refractivity contribution >= 4 is 29.1 Å². The highest BCUT2D eigenvalue weighted by molar-refractivity contribution is 6.34. The maximum Gasteiger partial charge on any atom is 0.258 e. The number of carbonyl (C=O) groups is 1. The molecule has 1 atom stereocenters. The first-order valence-electron chi connectivity index (χ1n) is 8.46. The van der Waals surface area contributed by atoms with Crippen LogP contribution in [0.3, 0.4) is 0 Å². The van der Waals surface area contributed by atoms with Gasteiger partial charge in [-0.15, -0.1) is 0 Å². The first-order valence-corrected chi connectivity index (χ1v) is 9.22. The summed E-state index contributed by atoms with van der Waals surface area (Å²) in [6.45, 7) is -0.217. The van der Waals surface area contributed by atoms with Crippen LogP contribution in [0.25, 0.3) is 0 Å². The van der Waals surface area contributed by atoms with E-state index in [4.69, 9.17) is 32.7 Å². The summed E-state index contributed by atoms with van der Waals surface area (Å²) in [7, 11) is 3.46. The van der Waals surface area contributed by atoms with Gasteiger partial charge in [-0.3, -0.25) is 4.79 Å². The van der Waals surface area contributed by atoms with Crippen LogP contribution in [0.5, 0.6) is 11.5 Å². The van der Waals surface area contributed by atoms with Crippen molar-refractivity contribution in [2.24, 2.45) is 7.05 Å². The largest absolute Gasteiger partial charge is 0.497 e. The van der Waals surface area contributed by atoms with E-state index in [-0.39, 0.29) is 12.5 Å². The summed E-state index contributed by atoms with van der Waals surface area (Å²) in [5, 5.41) is 3.81. The van der Waals surface area contributed by atoms with Gasteiger partial charge in [0.2, 0.25) is 0 Å². The number of methoxy groups -OCH3 is 1. The second-order valence-electron chi connectivity index (χ2n) is 6.04. The second kappa shape index (κ2) is 8.99. The minimum absolute atomic E-state index is 0.217. The number of benzene rings is 2. The fraction of sp³-hybridized carbons (Fsp3) is 0.200. The van der Waals surface area contributed by atoms with Crippen LogP contribution in [0.2, 0.25) is 10.0 Å². The molecule has 0 aliphatic carbocycles. The monoisotopic (exact) mass is 419 g/mol. The van der Waals surface area contributed by atoms with E-state index in [9.17, 15) is 4.79 Å². The number of rotatable bonds is 7. The Labute approximate surface area is 173 Å². The van der Waals surface area contributed by atoms with Crippen LogP contribution in [0.1, 0.15) is 17.4 Å². The minimum Gasteiger partial charge on any atom is -0.497 e. The third-order valence-electron chi connectivity index (χ3n) is 4.10. The highest BCUT2D eigenvalue weighted by atomic mass is 35.5. The highest BCUT2D eigenvalue weighted by Crippen LogP contribution is 2.28. The van der Waals surface area contributed by atoms with Crippen LogP contribution in [0.15, 0.2) is 54.9 Å². The molecular weight excluding hydrogens is 401 g/mol. The number of aryl methyl sites for hydroxylation is 1. The third-order valence-corrected chi connectivity index (χ3v) is 4.65. The van der Waals surface area contributed by atoms with Gasteiger partial charge in [0.15, 0.2) is 6.61 Å². The van der Waals surface area contributed by atoms with Crippen molar-refractivity contribution in [2.75, 3.05) is 13.7 Å². The Hall–Kier alpha value is -2.70. The molecule has 0 bridgehead atoms. The van der Waals surface area contributed by atoms with Crippen molar-refractivity contribution in [1.82, 2.24) is 14.9 Å². The molecule has 6 nitrogen and oxygen atoms in total. The smallest absolute Gasteiger partial charge is 0.258 e. The summed E-state index contributed by atoms with van der Waals surface area (Å²) in [4.78, 5) is 16.9. The fourth-order valence-electron chi connectivity index (χ4n) is 2.71. The number of imidazole rings is 1. The summed E-state index contributed by atoms with van der Waals surface area (Å²) < 4.78 is 12.7. The zero-order valence-corrected chi connectivity index (χ0v) is 16.9. The van der Waals surface area contributed by atoms with Gasteiger partial charge in [0.25, 0.3) is 5.91 Å². The average Bonchev–Trinajstić information content (AvgIpc) is 3.12. The fourth-order valence-corrected chi connectivity index (χ4v) is 3.04.